The Morgan fingerprint density at radius 3 is 2.48 bits per heavy atom. The van der Waals surface area contributed by atoms with Gasteiger partial charge >= 0.3 is 0 Å². The van der Waals surface area contributed by atoms with Crippen molar-refractivity contribution in [1.29, 1.82) is 0 Å². The van der Waals surface area contributed by atoms with Crippen LogP contribution in [0.3, 0.4) is 0 Å². The number of carbonyl (C=O) groups is 2. The highest BCUT2D eigenvalue weighted by atomic mass is 32.1. The van der Waals surface area contributed by atoms with Crippen molar-refractivity contribution in [3.05, 3.63) is 63.3 Å². The molecule has 1 fully saturated rings. The second-order valence-electron chi connectivity index (χ2n) is 7.56. The molecule has 0 aliphatic carbocycles. The smallest absolute Gasteiger partial charge is 0.265 e. The summed E-state index contributed by atoms with van der Waals surface area (Å²) in [5, 5.41) is 10.1. The Balaban J connectivity index is 1.32. The third-order valence-electron chi connectivity index (χ3n) is 4.80. The first kappa shape index (κ1) is 21.6. The maximum absolute atomic E-state index is 12.6. The van der Waals surface area contributed by atoms with Crippen molar-refractivity contribution < 1.29 is 14.3 Å². The highest BCUT2D eigenvalue weighted by Crippen LogP contribution is 2.20. The van der Waals surface area contributed by atoms with E-state index in [0.717, 1.165) is 25.3 Å². The van der Waals surface area contributed by atoms with Crippen LogP contribution in [0.25, 0.3) is 0 Å². The van der Waals surface area contributed by atoms with E-state index >= 15 is 0 Å². The minimum atomic E-state index is -0.231. The van der Waals surface area contributed by atoms with Gasteiger partial charge in [0.15, 0.2) is 5.13 Å². The van der Waals surface area contributed by atoms with Crippen LogP contribution in [0.15, 0.2) is 47.2 Å². The molecule has 0 unspecified atom stereocenters. The molecule has 1 saturated heterocycles. The van der Waals surface area contributed by atoms with Gasteiger partial charge in [0.05, 0.1) is 22.8 Å². The van der Waals surface area contributed by atoms with E-state index in [4.69, 9.17) is 4.74 Å². The van der Waals surface area contributed by atoms with Crippen LogP contribution >= 0.6 is 22.7 Å². The van der Waals surface area contributed by atoms with E-state index in [1.807, 2.05) is 16.8 Å². The minimum absolute atomic E-state index is 0.161. The van der Waals surface area contributed by atoms with Crippen molar-refractivity contribution in [3.8, 4) is 0 Å². The molecule has 0 radical (unpaired) electrons. The summed E-state index contributed by atoms with van der Waals surface area (Å²) < 4.78 is 5.77. The standard InChI is InChI=1S/C22H24N4O3S2/c1-14-10-26(11-15(2)29-14)12-18-13-31-22(24-18)25-20(27)16-5-7-17(8-6-16)23-21(28)19-4-3-9-30-19/h3-9,13-15H,10-12H2,1-2H3,(H,23,28)(H,24,25,27)/t14-,15-/m0/s1. The number of hydrogen-bond acceptors (Lipinski definition) is 7. The van der Waals surface area contributed by atoms with Crippen LogP contribution in [0.1, 0.15) is 39.6 Å². The molecule has 0 spiro atoms. The van der Waals surface area contributed by atoms with Gasteiger partial charge in [-0.2, -0.15) is 0 Å². The van der Waals surface area contributed by atoms with Crippen molar-refractivity contribution in [1.82, 2.24) is 9.88 Å². The number of hydrogen-bond donors (Lipinski definition) is 2. The first-order valence-electron chi connectivity index (χ1n) is 10.0. The van der Waals surface area contributed by atoms with Gasteiger partial charge in [-0.1, -0.05) is 6.07 Å². The summed E-state index contributed by atoms with van der Waals surface area (Å²) in [5.74, 6) is -0.391. The van der Waals surface area contributed by atoms with Gasteiger partial charge in [0.2, 0.25) is 0 Å². The number of rotatable bonds is 6. The summed E-state index contributed by atoms with van der Waals surface area (Å²) in [7, 11) is 0. The van der Waals surface area contributed by atoms with Crippen LogP contribution in [0, 0.1) is 0 Å². The molecule has 9 heteroatoms. The summed E-state index contributed by atoms with van der Waals surface area (Å²) in [6, 6.07) is 10.4. The Kier molecular flexibility index (Phi) is 6.77. The Labute approximate surface area is 189 Å². The molecule has 162 valence electrons. The average molecular weight is 457 g/mol. The van der Waals surface area contributed by atoms with Gasteiger partial charge < -0.3 is 10.1 Å². The summed E-state index contributed by atoms with van der Waals surface area (Å²) in [6.45, 7) is 6.64. The maximum atomic E-state index is 12.6. The molecule has 2 amide bonds. The molecule has 1 aromatic carbocycles. The van der Waals surface area contributed by atoms with Gasteiger partial charge in [-0.25, -0.2) is 4.98 Å². The van der Waals surface area contributed by atoms with Crippen LogP contribution in [-0.4, -0.2) is 47.0 Å². The van der Waals surface area contributed by atoms with Crippen molar-refractivity contribution in [2.45, 2.75) is 32.6 Å². The zero-order valence-corrected chi connectivity index (χ0v) is 19.0. The van der Waals surface area contributed by atoms with Crippen LogP contribution in [-0.2, 0) is 11.3 Å². The van der Waals surface area contributed by atoms with E-state index in [1.165, 1.54) is 22.7 Å². The van der Waals surface area contributed by atoms with Gasteiger partial charge in [0.1, 0.15) is 0 Å². The van der Waals surface area contributed by atoms with Gasteiger partial charge in [0.25, 0.3) is 11.8 Å². The largest absolute Gasteiger partial charge is 0.373 e. The number of anilines is 2. The molecule has 2 aromatic heterocycles. The molecule has 7 nitrogen and oxygen atoms in total. The quantitative estimate of drug-likeness (QED) is 0.577. The predicted molar refractivity (Wildman–Crippen MR) is 124 cm³/mol. The summed E-state index contributed by atoms with van der Waals surface area (Å²) in [4.78, 5) is 32.2. The van der Waals surface area contributed by atoms with Gasteiger partial charge in [0, 0.05) is 36.3 Å². The number of carbonyl (C=O) groups excluding carboxylic acids is 2. The fourth-order valence-corrected chi connectivity index (χ4v) is 4.87. The molecule has 31 heavy (non-hydrogen) atoms. The Morgan fingerprint density at radius 1 is 1.06 bits per heavy atom. The number of benzene rings is 1. The third kappa shape index (κ3) is 5.76. The van der Waals surface area contributed by atoms with Crippen molar-refractivity contribution in [2.24, 2.45) is 0 Å². The SMILES string of the molecule is C[C@H]1CN(Cc2csc(NC(=O)c3ccc(NC(=O)c4cccs4)cc3)n2)C[C@H](C)O1. The van der Waals surface area contributed by atoms with Gasteiger partial charge in [-0.15, -0.1) is 22.7 Å². The number of thiazole rings is 1. The molecule has 0 bridgehead atoms. The lowest BCUT2D eigenvalue weighted by molar-refractivity contribution is -0.0707. The maximum Gasteiger partial charge on any atom is 0.265 e. The predicted octanol–water partition coefficient (Wildman–Crippen LogP) is 4.32. The topological polar surface area (TPSA) is 83.6 Å². The number of aromatic nitrogens is 1. The zero-order valence-electron chi connectivity index (χ0n) is 17.3. The lowest BCUT2D eigenvalue weighted by Crippen LogP contribution is -2.44. The van der Waals surface area contributed by atoms with Gasteiger partial charge in [-0.3, -0.25) is 19.8 Å². The fourth-order valence-electron chi connectivity index (χ4n) is 3.55. The summed E-state index contributed by atoms with van der Waals surface area (Å²) in [6.07, 6.45) is 0.416. The fraction of sp³-hybridized carbons (Fsp3) is 0.318. The molecule has 4 rings (SSSR count). The molecule has 3 heterocycles. The summed E-state index contributed by atoms with van der Waals surface area (Å²) >= 11 is 2.80. The number of thiophene rings is 1. The van der Waals surface area contributed by atoms with Crippen molar-refractivity contribution in [3.63, 3.8) is 0 Å². The van der Waals surface area contributed by atoms with Crippen LogP contribution in [0.5, 0.6) is 0 Å². The molecule has 3 aromatic rings. The Hall–Kier alpha value is -2.59. The van der Waals surface area contributed by atoms with Crippen LogP contribution in [0.4, 0.5) is 10.8 Å². The third-order valence-corrected chi connectivity index (χ3v) is 6.48. The number of nitrogens with zero attached hydrogens (tertiary/aromatic N) is 2. The van der Waals surface area contributed by atoms with E-state index in [1.54, 1.807) is 30.3 Å². The second-order valence-corrected chi connectivity index (χ2v) is 9.36. The zero-order chi connectivity index (χ0) is 21.8. The molecule has 0 saturated carbocycles. The van der Waals surface area contributed by atoms with E-state index in [-0.39, 0.29) is 24.0 Å². The molecular weight excluding hydrogens is 432 g/mol. The van der Waals surface area contributed by atoms with Crippen LogP contribution < -0.4 is 10.6 Å². The number of nitrogens with one attached hydrogen (secondary N) is 2. The Bertz CT molecular complexity index is 1020. The minimum Gasteiger partial charge on any atom is -0.373 e. The highest BCUT2D eigenvalue weighted by molar-refractivity contribution is 7.14. The molecule has 1 aliphatic rings. The number of ether oxygens (including phenoxy) is 1. The first-order chi connectivity index (χ1) is 15.0. The normalized spacial score (nSPS) is 19.2. The van der Waals surface area contributed by atoms with Crippen LogP contribution in [0.2, 0.25) is 0 Å². The molecular formula is C22H24N4O3S2. The number of morpholine rings is 1. The van der Waals surface area contributed by atoms with Crippen molar-refractivity contribution in [2.75, 3.05) is 23.7 Å². The lowest BCUT2D eigenvalue weighted by Gasteiger charge is -2.34. The second kappa shape index (κ2) is 9.69. The molecule has 1 aliphatic heterocycles. The lowest BCUT2D eigenvalue weighted by atomic mass is 10.2. The van der Waals surface area contributed by atoms with E-state index in [2.05, 4.69) is 34.4 Å². The van der Waals surface area contributed by atoms with Crippen molar-refractivity contribution >= 4 is 45.3 Å². The van der Waals surface area contributed by atoms with E-state index < -0.39 is 0 Å². The summed E-state index contributed by atoms with van der Waals surface area (Å²) in [5.41, 5.74) is 2.08. The van der Waals surface area contributed by atoms with Gasteiger partial charge in [-0.05, 0) is 49.6 Å². The highest BCUT2D eigenvalue weighted by Gasteiger charge is 2.23. The first-order valence-corrected chi connectivity index (χ1v) is 11.8. The average Bonchev–Trinajstić information content (AvgIpc) is 3.40. The molecule has 2 N–H and O–H groups in total. The van der Waals surface area contributed by atoms with E-state index in [0.29, 0.717) is 21.3 Å². The van der Waals surface area contributed by atoms with E-state index in [9.17, 15) is 9.59 Å². The molecule has 2 atom stereocenters. The number of amides is 2. The Morgan fingerprint density at radius 2 is 1.81 bits per heavy atom. The monoisotopic (exact) mass is 456 g/mol.